The molecular formula is C19H26FN3. The maximum atomic E-state index is 13.5. The summed E-state index contributed by atoms with van der Waals surface area (Å²) >= 11 is 0. The van der Waals surface area contributed by atoms with Crippen LogP contribution in [0.1, 0.15) is 39.5 Å². The number of pyridine rings is 1. The third-order valence-electron chi connectivity index (χ3n) is 5.16. The Kier molecular flexibility index (Phi) is 4.53. The highest BCUT2D eigenvalue weighted by Crippen LogP contribution is 2.44. The molecule has 1 saturated heterocycles. The Morgan fingerprint density at radius 1 is 1.17 bits per heavy atom. The molecule has 2 fully saturated rings. The average molecular weight is 315 g/mol. The molecule has 0 spiro atoms. The van der Waals surface area contributed by atoms with Crippen LogP contribution in [0.15, 0.2) is 30.5 Å². The van der Waals surface area contributed by atoms with Crippen molar-refractivity contribution in [1.82, 2.24) is 4.98 Å². The monoisotopic (exact) mass is 315 g/mol. The number of fused-ring (bicyclic) bond motifs is 1. The first-order valence-corrected chi connectivity index (χ1v) is 8.74. The molecule has 23 heavy (non-hydrogen) atoms. The van der Waals surface area contributed by atoms with Gasteiger partial charge < -0.3 is 10.6 Å². The molecule has 0 bridgehead atoms. The quantitative estimate of drug-likeness (QED) is 0.907. The van der Waals surface area contributed by atoms with E-state index >= 15 is 0 Å². The van der Waals surface area contributed by atoms with Gasteiger partial charge in [0.25, 0.3) is 0 Å². The van der Waals surface area contributed by atoms with Crippen LogP contribution in [0.2, 0.25) is 0 Å². The number of rotatable bonds is 2. The number of piperidine rings is 1. The molecule has 4 heteroatoms. The smallest absolute Gasteiger partial charge is 0.124 e. The van der Waals surface area contributed by atoms with Crippen LogP contribution in [0.5, 0.6) is 0 Å². The molecule has 2 N–H and O–H groups in total. The number of nitrogens with zero attached hydrogens (tertiary/aromatic N) is 2. The van der Waals surface area contributed by atoms with E-state index in [-0.39, 0.29) is 11.4 Å². The van der Waals surface area contributed by atoms with Crippen molar-refractivity contribution in [2.45, 2.75) is 45.1 Å². The molecule has 0 radical (unpaired) electrons. The van der Waals surface area contributed by atoms with Crippen LogP contribution >= 0.6 is 0 Å². The molecule has 1 aromatic carbocycles. The first kappa shape index (κ1) is 16.2. The van der Waals surface area contributed by atoms with Crippen LogP contribution in [0.4, 0.5) is 10.1 Å². The maximum Gasteiger partial charge on any atom is 0.124 e. The lowest BCUT2D eigenvalue weighted by Gasteiger charge is -2.36. The van der Waals surface area contributed by atoms with Gasteiger partial charge in [0.1, 0.15) is 5.82 Å². The summed E-state index contributed by atoms with van der Waals surface area (Å²) < 4.78 is 13.5. The molecule has 2 aliphatic rings. The molecule has 0 amide bonds. The zero-order valence-electron chi connectivity index (χ0n) is 14.1. The van der Waals surface area contributed by atoms with E-state index in [4.69, 9.17) is 5.73 Å². The summed E-state index contributed by atoms with van der Waals surface area (Å²) in [6.45, 7) is 6.00. The Bertz CT molecular complexity index is 673. The Hall–Kier alpha value is -1.68. The number of benzene rings is 1. The number of halogens is 1. The standard InChI is InChI=1S/C17H20FN3.C2H6/c18-13-1-2-15-14(11-13)16(3-8-20-15)21-9-4-12(5-10-21)17(19)6-7-17;1-2/h1-3,8,11-12H,4-7,9-10,19H2;1-2H3. The van der Waals surface area contributed by atoms with Gasteiger partial charge in [-0.25, -0.2) is 4.39 Å². The molecule has 4 rings (SSSR count). The second-order valence-corrected chi connectivity index (χ2v) is 6.49. The molecule has 3 nitrogen and oxygen atoms in total. The molecule has 0 unspecified atom stereocenters. The minimum atomic E-state index is -0.203. The van der Waals surface area contributed by atoms with Gasteiger partial charge in [0.15, 0.2) is 0 Å². The highest BCUT2D eigenvalue weighted by Gasteiger charge is 2.46. The molecule has 1 saturated carbocycles. The first-order valence-electron chi connectivity index (χ1n) is 8.74. The largest absolute Gasteiger partial charge is 0.371 e. The Balaban J connectivity index is 0.000000753. The van der Waals surface area contributed by atoms with Gasteiger partial charge in [-0.3, -0.25) is 4.98 Å². The highest BCUT2D eigenvalue weighted by molar-refractivity contribution is 5.91. The number of aromatic nitrogens is 1. The van der Waals surface area contributed by atoms with E-state index in [1.54, 1.807) is 12.1 Å². The normalized spacial score (nSPS) is 20.1. The minimum absolute atomic E-state index is 0.124. The van der Waals surface area contributed by atoms with Gasteiger partial charge in [0, 0.05) is 35.9 Å². The van der Waals surface area contributed by atoms with E-state index < -0.39 is 0 Å². The van der Waals surface area contributed by atoms with Gasteiger partial charge >= 0.3 is 0 Å². The number of nitrogens with two attached hydrogens (primary N) is 1. The summed E-state index contributed by atoms with van der Waals surface area (Å²) in [4.78, 5) is 6.68. The van der Waals surface area contributed by atoms with Crippen LogP contribution in [-0.2, 0) is 0 Å². The minimum Gasteiger partial charge on any atom is -0.371 e. The van der Waals surface area contributed by atoms with Crippen molar-refractivity contribution in [3.8, 4) is 0 Å². The summed E-state index contributed by atoms with van der Waals surface area (Å²) in [6.07, 6.45) is 6.44. The lowest BCUT2D eigenvalue weighted by atomic mass is 9.87. The SMILES string of the molecule is CC.NC1(C2CCN(c3ccnc4ccc(F)cc34)CC2)CC1. The fourth-order valence-corrected chi connectivity index (χ4v) is 3.63. The van der Waals surface area contributed by atoms with Crippen molar-refractivity contribution in [2.24, 2.45) is 11.7 Å². The summed E-state index contributed by atoms with van der Waals surface area (Å²) in [7, 11) is 0. The Morgan fingerprint density at radius 2 is 1.87 bits per heavy atom. The number of anilines is 1. The predicted molar refractivity (Wildman–Crippen MR) is 94.1 cm³/mol. The lowest BCUT2D eigenvalue weighted by molar-refractivity contribution is 0.325. The molecule has 1 aliphatic carbocycles. The molecule has 0 atom stereocenters. The first-order chi connectivity index (χ1) is 11.2. The number of hydrogen-bond donors (Lipinski definition) is 1. The van der Waals surface area contributed by atoms with Crippen LogP contribution in [0, 0.1) is 11.7 Å². The zero-order chi connectivity index (χ0) is 16.4. The van der Waals surface area contributed by atoms with E-state index in [1.807, 2.05) is 26.1 Å². The van der Waals surface area contributed by atoms with Gasteiger partial charge in [-0.1, -0.05) is 13.8 Å². The van der Waals surface area contributed by atoms with Crippen molar-refractivity contribution < 1.29 is 4.39 Å². The van der Waals surface area contributed by atoms with Crippen LogP contribution in [0.3, 0.4) is 0 Å². The highest BCUT2D eigenvalue weighted by atomic mass is 19.1. The average Bonchev–Trinajstić information content (AvgIpc) is 3.35. The molecule has 124 valence electrons. The third kappa shape index (κ3) is 3.18. The summed E-state index contributed by atoms with van der Waals surface area (Å²) in [6, 6.07) is 6.81. The van der Waals surface area contributed by atoms with Crippen LogP contribution in [0.25, 0.3) is 10.9 Å². The van der Waals surface area contributed by atoms with Gasteiger partial charge in [0.2, 0.25) is 0 Å². The van der Waals surface area contributed by atoms with E-state index in [1.165, 1.54) is 18.9 Å². The van der Waals surface area contributed by atoms with Gasteiger partial charge in [-0.05, 0) is 55.9 Å². The van der Waals surface area contributed by atoms with Crippen LogP contribution in [-0.4, -0.2) is 23.6 Å². The second kappa shape index (κ2) is 6.44. The summed E-state index contributed by atoms with van der Waals surface area (Å²) in [5.41, 5.74) is 8.41. The zero-order valence-corrected chi connectivity index (χ0v) is 14.1. The molecular weight excluding hydrogens is 289 g/mol. The molecule has 2 aromatic rings. The van der Waals surface area contributed by atoms with Crippen molar-refractivity contribution >= 4 is 16.6 Å². The van der Waals surface area contributed by atoms with Crippen molar-refractivity contribution in [2.75, 3.05) is 18.0 Å². The number of hydrogen-bond acceptors (Lipinski definition) is 3. The van der Waals surface area contributed by atoms with E-state index in [2.05, 4.69) is 9.88 Å². The topological polar surface area (TPSA) is 42.1 Å². The van der Waals surface area contributed by atoms with Gasteiger partial charge in [-0.15, -0.1) is 0 Å². The summed E-state index contributed by atoms with van der Waals surface area (Å²) in [5, 5.41) is 0.907. The van der Waals surface area contributed by atoms with E-state index in [0.29, 0.717) is 5.92 Å². The third-order valence-corrected chi connectivity index (χ3v) is 5.16. The maximum absolute atomic E-state index is 13.5. The second-order valence-electron chi connectivity index (χ2n) is 6.49. The summed E-state index contributed by atoms with van der Waals surface area (Å²) in [5.74, 6) is 0.448. The van der Waals surface area contributed by atoms with E-state index in [9.17, 15) is 4.39 Å². The van der Waals surface area contributed by atoms with Crippen molar-refractivity contribution in [3.63, 3.8) is 0 Å². The Morgan fingerprint density at radius 3 is 2.52 bits per heavy atom. The molecule has 1 aromatic heterocycles. The van der Waals surface area contributed by atoms with Crippen molar-refractivity contribution in [1.29, 1.82) is 0 Å². The van der Waals surface area contributed by atoms with E-state index in [0.717, 1.165) is 42.5 Å². The van der Waals surface area contributed by atoms with Crippen molar-refractivity contribution in [3.05, 3.63) is 36.3 Å². The lowest BCUT2D eigenvalue weighted by Crippen LogP contribution is -2.42. The predicted octanol–water partition coefficient (Wildman–Crippen LogP) is 4.11. The molecule has 1 aliphatic heterocycles. The fraction of sp³-hybridized carbons (Fsp3) is 0.526. The Labute approximate surface area is 137 Å². The van der Waals surface area contributed by atoms with Crippen LogP contribution < -0.4 is 10.6 Å². The van der Waals surface area contributed by atoms with Gasteiger partial charge in [-0.2, -0.15) is 0 Å². The molecule has 2 heterocycles. The van der Waals surface area contributed by atoms with Gasteiger partial charge in [0.05, 0.1) is 5.52 Å². The fourth-order valence-electron chi connectivity index (χ4n) is 3.63.